The first kappa shape index (κ1) is 23.7. The van der Waals surface area contributed by atoms with E-state index >= 15 is 0 Å². The molecule has 1 amide bonds. The van der Waals surface area contributed by atoms with Crippen LogP contribution in [-0.4, -0.2) is 33.0 Å². The first-order valence-electron chi connectivity index (χ1n) is 6.44. The predicted octanol–water partition coefficient (Wildman–Crippen LogP) is 0.387. The van der Waals surface area contributed by atoms with Gasteiger partial charge in [0, 0.05) is 36.6 Å². The molecular weight excluding hydrogens is 336 g/mol. The molecule has 0 saturated carbocycles. The van der Waals surface area contributed by atoms with E-state index in [0.717, 1.165) is 22.6 Å². The molecule has 0 saturated heterocycles. The third-order valence-corrected chi connectivity index (χ3v) is 3.09. The van der Waals surface area contributed by atoms with Crippen LogP contribution in [0.15, 0.2) is 53.9 Å². The normalized spacial score (nSPS) is 12.0. The monoisotopic (exact) mass is 356 g/mol. The van der Waals surface area contributed by atoms with Gasteiger partial charge in [-0.1, -0.05) is 12.1 Å². The average Bonchev–Trinajstić information content (AvgIpc) is 2.50. The smallest absolute Gasteiger partial charge is 0.240 e. The van der Waals surface area contributed by atoms with Crippen LogP contribution in [0.4, 0.5) is 11.4 Å². The zero-order chi connectivity index (χ0) is 13.8. The van der Waals surface area contributed by atoms with Crippen molar-refractivity contribution in [2.24, 2.45) is 5.10 Å². The van der Waals surface area contributed by atoms with Gasteiger partial charge in [0.1, 0.15) is 0 Å². The van der Waals surface area contributed by atoms with Gasteiger partial charge in [-0.05, 0) is 29.8 Å². The molecule has 9 heteroatoms. The van der Waals surface area contributed by atoms with Crippen LogP contribution in [0.1, 0.15) is 18.4 Å². The predicted molar refractivity (Wildman–Crippen MR) is 96.0 cm³/mol. The summed E-state index contributed by atoms with van der Waals surface area (Å²) in [5.41, 5.74) is 6.46. The van der Waals surface area contributed by atoms with Crippen LogP contribution in [0.5, 0.6) is 0 Å². The van der Waals surface area contributed by atoms with Crippen LogP contribution in [0.2, 0.25) is 0 Å². The number of hydrazone groups is 1. The van der Waals surface area contributed by atoms with Crippen molar-refractivity contribution in [3.05, 3.63) is 54.4 Å². The largest absolute Gasteiger partial charge is 0.412 e. The lowest BCUT2D eigenvalue weighted by molar-refractivity contribution is -0.121. The number of nitrogens with zero attached hydrogens (tertiary/aromatic N) is 2. The highest BCUT2D eigenvalue weighted by atomic mass is 35.5. The van der Waals surface area contributed by atoms with Gasteiger partial charge in [-0.25, -0.2) is 5.43 Å². The van der Waals surface area contributed by atoms with Crippen molar-refractivity contribution in [3.63, 3.8) is 0 Å². The van der Waals surface area contributed by atoms with Crippen molar-refractivity contribution in [1.29, 1.82) is 0 Å². The molecular formula is C15H21ClN4O4. The van der Waals surface area contributed by atoms with Crippen LogP contribution in [0.25, 0.3) is 0 Å². The molecule has 0 bridgehead atoms. The van der Waals surface area contributed by atoms with Crippen LogP contribution in [0.3, 0.4) is 0 Å². The number of benzene rings is 1. The van der Waals surface area contributed by atoms with E-state index in [9.17, 15) is 4.79 Å². The van der Waals surface area contributed by atoms with Crippen molar-refractivity contribution in [2.45, 2.75) is 12.8 Å². The Bertz CT molecular complexity index is 650. The molecule has 2 heterocycles. The number of rotatable bonds is 3. The Morgan fingerprint density at radius 2 is 1.46 bits per heavy atom. The topological polar surface area (TPSA) is 161 Å². The second-order valence-corrected chi connectivity index (χ2v) is 4.53. The third kappa shape index (κ3) is 5.94. The molecule has 1 aliphatic rings. The van der Waals surface area contributed by atoms with Crippen LogP contribution < -0.4 is 10.7 Å². The molecule has 1 aromatic carbocycles. The lowest BCUT2D eigenvalue weighted by atomic mass is 10.0. The summed E-state index contributed by atoms with van der Waals surface area (Å²) in [5, 5.41) is 7.37. The highest BCUT2D eigenvalue weighted by Gasteiger charge is 2.12. The fourth-order valence-electron chi connectivity index (χ4n) is 2.03. The van der Waals surface area contributed by atoms with Crippen LogP contribution in [0, 0.1) is 0 Å². The molecule has 0 aliphatic carbocycles. The van der Waals surface area contributed by atoms with Crippen molar-refractivity contribution in [3.8, 4) is 0 Å². The van der Waals surface area contributed by atoms with Gasteiger partial charge in [-0.2, -0.15) is 5.10 Å². The lowest BCUT2D eigenvalue weighted by Crippen LogP contribution is -2.25. The molecule has 8 nitrogen and oxygen atoms in total. The lowest BCUT2D eigenvalue weighted by Gasteiger charge is -2.12. The van der Waals surface area contributed by atoms with Gasteiger partial charge in [0.2, 0.25) is 5.91 Å². The number of halogens is 1. The summed E-state index contributed by atoms with van der Waals surface area (Å²) in [6.45, 7) is 0. The first-order chi connectivity index (χ1) is 9.81. The molecule has 8 N–H and O–H groups in total. The van der Waals surface area contributed by atoms with Crippen LogP contribution >= 0.6 is 12.4 Å². The highest BCUT2D eigenvalue weighted by molar-refractivity contribution is 6.04. The molecule has 0 atom stereocenters. The van der Waals surface area contributed by atoms with Crippen molar-refractivity contribution < 1.29 is 21.2 Å². The highest BCUT2D eigenvalue weighted by Crippen LogP contribution is 2.18. The van der Waals surface area contributed by atoms with Gasteiger partial charge >= 0.3 is 0 Å². The second kappa shape index (κ2) is 11.1. The summed E-state index contributed by atoms with van der Waals surface area (Å²) in [4.78, 5) is 15.0. The van der Waals surface area contributed by atoms with Gasteiger partial charge in [0.05, 0.1) is 5.71 Å². The summed E-state index contributed by atoms with van der Waals surface area (Å²) < 4.78 is 0. The Hall–Kier alpha value is -2.52. The zero-order valence-electron chi connectivity index (χ0n) is 12.7. The maximum atomic E-state index is 11.1. The third-order valence-electron chi connectivity index (χ3n) is 3.09. The van der Waals surface area contributed by atoms with E-state index in [4.69, 9.17) is 0 Å². The SMILES string of the molecule is Cl.O.O.O.O=C1CCC(c2ccc(Nc3ccncc3)cc2)=NN1. The number of pyridine rings is 1. The number of amides is 1. The number of aromatic nitrogens is 1. The summed E-state index contributed by atoms with van der Waals surface area (Å²) in [6, 6.07) is 11.8. The Labute approximate surface area is 145 Å². The number of nitrogens with one attached hydrogen (secondary N) is 2. The standard InChI is InChI=1S/C15H14N4O.ClH.3H2O/c20-15-6-5-14(18-19-15)11-1-3-12(4-2-11)17-13-7-9-16-10-8-13;;;;/h1-4,7-10H,5-6H2,(H,16,17)(H,19,20);1H;3*1H2. The number of anilines is 2. The summed E-state index contributed by atoms with van der Waals surface area (Å²) in [6.07, 6.45) is 4.67. The Kier molecular flexibility index (Phi) is 11.0. The molecule has 0 unspecified atom stereocenters. The molecule has 0 radical (unpaired) electrons. The Morgan fingerprint density at radius 3 is 2.00 bits per heavy atom. The maximum Gasteiger partial charge on any atom is 0.240 e. The number of carbonyl (C=O) groups is 1. The first-order valence-corrected chi connectivity index (χ1v) is 6.44. The van der Waals surface area contributed by atoms with Gasteiger partial charge < -0.3 is 21.7 Å². The summed E-state index contributed by atoms with van der Waals surface area (Å²) in [5.74, 6) is -0.0234. The molecule has 24 heavy (non-hydrogen) atoms. The Balaban J connectivity index is 0. The molecule has 1 aliphatic heterocycles. The van der Waals surface area contributed by atoms with Gasteiger partial charge in [0.15, 0.2) is 0 Å². The molecule has 1 aromatic heterocycles. The summed E-state index contributed by atoms with van der Waals surface area (Å²) in [7, 11) is 0. The van der Waals surface area contributed by atoms with E-state index in [0.29, 0.717) is 12.8 Å². The van der Waals surface area contributed by atoms with E-state index in [2.05, 4.69) is 20.8 Å². The molecule has 3 rings (SSSR count). The quantitative estimate of drug-likeness (QED) is 0.814. The number of hydrogen-bond donors (Lipinski definition) is 2. The minimum Gasteiger partial charge on any atom is -0.412 e. The van der Waals surface area contributed by atoms with Crippen LogP contribution in [-0.2, 0) is 4.79 Å². The summed E-state index contributed by atoms with van der Waals surface area (Å²) >= 11 is 0. The Morgan fingerprint density at radius 1 is 0.875 bits per heavy atom. The van der Waals surface area contributed by atoms with E-state index in [-0.39, 0.29) is 34.7 Å². The van der Waals surface area contributed by atoms with Crippen molar-refractivity contribution >= 4 is 35.4 Å². The molecule has 132 valence electrons. The fourth-order valence-corrected chi connectivity index (χ4v) is 2.03. The van der Waals surface area contributed by atoms with E-state index in [1.807, 2.05) is 36.4 Å². The average molecular weight is 357 g/mol. The van der Waals surface area contributed by atoms with Crippen molar-refractivity contribution in [1.82, 2.24) is 10.4 Å². The van der Waals surface area contributed by atoms with E-state index < -0.39 is 0 Å². The molecule has 2 aromatic rings. The van der Waals surface area contributed by atoms with E-state index in [1.54, 1.807) is 12.4 Å². The minimum absolute atomic E-state index is 0. The maximum absolute atomic E-state index is 11.1. The van der Waals surface area contributed by atoms with E-state index in [1.165, 1.54) is 0 Å². The molecule has 0 fully saturated rings. The number of carbonyl (C=O) groups excluding carboxylic acids is 1. The second-order valence-electron chi connectivity index (χ2n) is 4.53. The van der Waals surface area contributed by atoms with Gasteiger partial charge in [-0.3, -0.25) is 9.78 Å². The van der Waals surface area contributed by atoms with Gasteiger partial charge in [0.25, 0.3) is 0 Å². The zero-order valence-corrected chi connectivity index (χ0v) is 13.6. The molecule has 0 spiro atoms. The minimum atomic E-state index is -0.0234. The van der Waals surface area contributed by atoms with Crippen molar-refractivity contribution in [2.75, 3.05) is 5.32 Å². The van der Waals surface area contributed by atoms with Gasteiger partial charge in [-0.15, -0.1) is 12.4 Å². The number of hydrogen-bond acceptors (Lipinski definition) is 4. The fraction of sp³-hybridized carbons (Fsp3) is 0.133.